The van der Waals surface area contributed by atoms with Gasteiger partial charge in [0, 0.05) is 4.83 Å². The Kier molecular flexibility index (Phi) is 3.91. The van der Waals surface area contributed by atoms with Gasteiger partial charge in [0.1, 0.15) is 5.75 Å². The molecule has 1 N–H and O–H groups in total. The molecule has 3 atom stereocenters. The summed E-state index contributed by atoms with van der Waals surface area (Å²) in [5.74, 6) is 1.94. The summed E-state index contributed by atoms with van der Waals surface area (Å²) in [5.41, 5.74) is 1.25. The molecule has 1 aromatic rings. The molecule has 3 unspecified atom stereocenters. The van der Waals surface area contributed by atoms with Crippen molar-refractivity contribution in [3.63, 3.8) is 0 Å². The smallest absolute Gasteiger partial charge is 0.115 e. The highest BCUT2D eigenvalue weighted by Gasteiger charge is 2.26. The number of alkyl halides is 1. The van der Waals surface area contributed by atoms with Crippen molar-refractivity contribution in [2.45, 2.75) is 37.4 Å². The van der Waals surface area contributed by atoms with Crippen LogP contribution >= 0.6 is 15.9 Å². The Morgan fingerprint density at radius 1 is 1.38 bits per heavy atom. The summed E-state index contributed by atoms with van der Waals surface area (Å²) in [6, 6.07) is 7.66. The maximum atomic E-state index is 9.45. The molecule has 16 heavy (non-hydrogen) atoms. The van der Waals surface area contributed by atoms with Crippen LogP contribution < -0.4 is 0 Å². The van der Waals surface area contributed by atoms with Crippen molar-refractivity contribution in [3.05, 3.63) is 29.8 Å². The highest BCUT2D eigenvalue weighted by Crippen LogP contribution is 2.35. The second-order valence-electron chi connectivity index (χ2n) is 5.07. The lowest BCUT2D eigenvalue weighted by Crippen LogP contribution is -2.25. The Bertz CT molecular complexity index is 350. The van der Waals surface area contributed by atoms with E-state index in [1.165, 1.54) is 24.8 Å². The molecule has 0 radical (unpaired) electrons. The number of hydrogen-bond donors (Lipinski definition) is 1. The fourth-order valence-electron chi connectivity index (χ4n) is 2.66. The van der Waals surface area contributed by atoms with Gasteiger partial charge >= 0.3 is 0 Å². The summed E-state index contributed by atoms with van der Waals surface area (Å²) < 4.78 is 0. The zero-order valence-electron chi connectivity index (χ0n) is 9.70. The van der Waals surface area contributed by atoms with E-state index < -0.39 is 0 Å². The van der Waals surface area contributed by atoms with Crippen LogP contribution in [0.25, 0.3) is 0 Å². The summed E-state index contributed by atoms with van der Waals surface area (Å²) in [5, 5.41) is 9.45. The monoisotopic (exact) mass is 282 g/mol. The predicted octanol–water partition coefficient (Wildman–Crippen LogP) is 4.13. The lowest BCUT2D eigenvalue weighted by Gasteiger charge is -2.31. The van der Waals surface area contributed by atoms with Crippen LogP contribution in [0.2, 0.25) is 0 Å². The van der Waals surface area contributed by atoms with Gasteiger partial charge in [0.25, 0.3) is 0 Å². The molecule has 1 saturated carbocycles. The Morgan fingerprint density at radius 3 is 2.94 bits per heavy atom. The van der Waals surface area contributed by atoms with Gasteiger partial charge < -0.3 is 5.11 Å². The van der Waals surface area contributed by atoms with Crippen molar-refractivity contribution < 1.29 is 5.11 Å². The van der Waals surface area contributed by atoms with Crippen LogP contribution in [-0.2, 0) is 6.42 Å². The van der Waals surface area contributed by atoms with Crippen molar-refractivity contribution in [2.75, 3.05) is 0 Å². The van der Waals surface area contributed by atoms with Gasteiger partial charge in [-0.2, -0.15) is 0 Å². The molecule has 0 saturated heterocycles. The Morgan fingerprint density at radius 2 is 2.19 bits per heavy atom. The largest absolute Gasteiger partial charge is 0.508 e. The third-order valence-electron chi connectivity index (χ3n) is 3.56. The number of phenolic OH excluding ortho intramolecular Hbond substituents is 1. The van der Waals surface area contributed by atoms with E-state index in [0.29, 0.717) is 16.5 Å². The van der Waals surface area contributed by atoms with Gasteiger partial charge in [-0.05, 0) is 55.2 Å². The van der Waals surface area contributed by atoms with Crippen LogP contribution in [-0.4, -0.2) is 9.93 Å². The lowest BCUT2D eigenvalue weighted by atomic mass is 9.79. The first kappa shape index (κ1) is 12.0. The highest BCUT2D eigenvalue weighted by atomic mass is 79.9. The van der Waals surface area contributed by atoms with Crippen LogP contribution in [0.15, 0.2) is 24.3 Å². The van der Waals surface area contributed by atoms with Gasteiger partial charge in [-0.1, -0.05) is 35.0 Å². The number of rotatable bonds is 2. The molecular formula is C14H19BrO. The maximum Gasteiger partial charge on any atom is 0.115 e. The molecule has 0 bridgehead atoms. The zero-order valence-corrected chi connectivity index (χ0v) is 11.3. The van der Waals surface area contributed by atoms with Gasteiger partial charge in [0.05, 0.1) is 0 Å². The topological polar surface area (TPSA) is 20.2 Å². The standard InChI is InChI=1S/C14H19BrO/c1-10-5-6-14(15)12(7-10)8-11-3-2-4-13(16)9-11/h2-4,9-10,12,14,16H,5-8H2,1H3. The minimum Gasteiger partial charge on any atom is -0.508 e. The van der Waals surface area contributed by atoms with Gasteiger partial charge in [0.15, 0.2) is 0 Å². The second kappa shape index (κ2) is 5.22. The molecule has 1 nitrogen and oxygen atoms in total. The van der Waals surface area contributed by atoms with Crippen molar-refractivity contribution in [3.8, 4) is 5.75 Å². The van der Waals surface area contributed by atoms with Crippen LogP contribution in [0.5, 0.6) is 5.75 Å². The quantitative estimate of drug-likeness (QED) is 0.809. The molecule has 0 heterocycles. The lowest BCUT2D eigenvalue weighted by molar-refractivity contribution is 0.294. The van der Waals surface area contributed by atoms with Crippen molar-refractivity contribution >= 4 is 15.9 Å². The second-order valence-corrected chi connectivity index (χ2v) is 6.24. The van der Waals surface area contributed by atoms with Crippen molar-refractivity contribution in [2.24, 2.45) is 11.8 Å². The molecule has 2 rings (SSSR count). The average Bonchev–Trinajstić information content (AvgIpc) is 2.24. The first-order valence-corrected chi connectivity index (χ1v) is 6.98. The normalized spacial score (nSPS) is 30.2. The van der Waals surface area contributed by atoms with E-state index in [4.69, 9.17) is 0 Å². The van der Waals surface area contributed by atoms with E-state index in [0.717, 1.165) is 12.3 Å². The first-order chi connectivity index (χ1) is 7.65. The van der Waals surface area contributed by atoms with E-state index in [-0.39, 0.29) is 0 Å². The van der Waals surface area contributed by atoms with E-state index in [1.54, 1.807) is 6.07 Å². The Labute approximate surface area is 106 Å². The summed E-state index contributed by atoms with van der Waals surface area (Å²) in [6.45, 7) is 2.34. The third-order valence-corrected chi connectivity index (χ3v) is 4.77. The van der Waals surface area contributed by atoms with Crippen LogP contribution in [0, 0.1) is 11.8 Å². The molecule has 0 amide bonds. The minimum atomic E-state index is 0.382. The molecule has 88 valence electrons. The predicted molar refractivity (Wildman–Crippen MR) is 71.0 cm³/mol. The summed E-state index contributed by atoms with van der Waals surface area (Å²) >= 11 is 3.80. The number of aromatic hydroxyl groups is 1. The number of benzene rings is 1. The van der Waals surface area contributed by atoms with E-state index in [9.17, 15) is 5.11 Å². The van der Waals surface area contributed by atoms with E-state index in [2.05, 4.69) is 28.9 Å². The van der Waals surface area contributed by atoms with Gasteiger partial charge in [-0.25, -0.2) is 0 Å². The molecule has 0 aromatic heterocycles. The minimum absolute atomic E-state index is 0.382. The maximum absolute atomic E-state index is 9.45. The zero-order chi connectivity index (χ0) is 11.5. The first-order valence-electron chi connectivity index (χ1n) is 6.07. The number of halogens is 1. The molecule has 1 fully saturated rings. The Hall–Kier alpha value is -0.500. The summed E-state index contributed by atoms with van der Waals surface area (Å²) in [6.07, 6.45) is 5.00. The third kappa shape index (κ3) is 3.00. The molecule has 2 heteroatoms. The van der Waals surface area contributed by atoms with Crippen LogP contribution in [0.1, 0.15) is 31.7 Å². The summed E-state index contributed by atoms with van der Waals surface area (Å²) in [7, 11) is 0. The van der Waals surface area contributed by atoms with Gasteiger partial charge in [-0.15, -0.1) is 0 Å². The highest BCUT2D eigenvalue weighted by molar-refractivity contribution is 9.09. The van der Waals surface area contributed by atoms with E-state index in [1.807, 2.05) is 12.1 Å². The van der Waals surface area contributed by atoms with Crippen LogP contribution in [0.3, 0.4) is 0 Å². The van der Waals surface area contributed by atoms with E-state index >= 15 is 0 Å². The van der Waals surface area contributed by atoms with Gasteiger partial charge in [-0.3, -0.25) is 0 Å². The summed E-state index contributed by atoms with van der Waals surface area (Å²) in [4.78, 5) is 0.644. The molecular weight excluding hydrogens is 264 g/mol. The number of phenols is 1. The van der Waals surface area contributed by atoms with Crippen molar-refractivity contribution in [1.29, 1.82) is 0 Å². The van der Waals surface area contributed by atoms with Gasteiger partial charge in [0.2, 0.25) is 0 Å². The molecule has 1 aliphatic rings. The Balaban J connectivity index is 2.02. The van der Waals surface area contributed by atoms with Crippen LogP contribution in [0.4, 0.5) is 0 Å². The molecule has 0 aliphatic heterocycles. The molecule has 0 spiro atoms. The SMILES string of the molecule is CC1CCC(Br)C(Cc2cccc(O)c2)C1. The fraction of sp³-hybridized carbons (Fsp3) is 0.571. The average molecular weight is 283 g/mol. The molecule has 1 aliphatic carbocycles. The number of hydrogen-bond acceptors (Lipinski definition) is 1. The molecule has 1 aromatic carbocycles. The fourth-order valence-corrected chi connectivity index (χ4v) is 3.33. The van der Waals surface area contributed by atoms with Crippen molar-refractivity contribution in [1.82, 2.24) is 0 Å².